The first-order chi connectivity index (χ1) is 9.36. The van der Waals surface area contributed by atoms with Gasteiger partial charge in [-0.3, -0.25) is 0 Å². The van der Waals surface area contributed by atoms with E-state index < -0.39 is 0 Å². The van der Waals surface area contributed by atoms with Crippen LogP contribution in [0.2, 0.25) is 0 Å². The molecular weight excluding hydrogens is 258 g/mol. The van der Waals surface area contributed by atoms with Crippen molar-refractivity contribution in [1.82, 2.24) is 9.97 Å². The summed E-state index contributed by atoms with van der Waals surface area (Å²) in [6, 6.07) is 2.04. The molecule has 0 aromatic carbocycles. The molecule has 1 aliphatic carbocycles. The molecule has 1 fully saturated rings. The van der Waals surface area contributed by atoms with Crippen LogP contribution in [-0.4, -0.2) is 23.6 Å². The highest BCUT2D eigenvalue weighted by Gasteiger charge is 2.16. The zero-order valence-corrected chi connectivity index (χ0v) is 12.0. The lowest BCUT2D eigenvalue weighted by Gasteiger charge is -2.21. The third-order valence-corrected chi connectivity index (χ3v) is 4.50. The molecule has 0 unspecified atom stereocenters. The van der Waals surface area contributed by atoms with Gasteiger partial charge in [-0.2, -0.15) is 4.98 Å². The van der Waals surface area contributed by atoms with Gasteiger partial charge >= 0.3 is 0 Å². The maximum atomic E-state index is 5.98. The average molecular weight is 277 g/mol. The Labute approximate surface area is 117 Å². The van der Waals surface area contributed by atoms with Crippen molar-refractivity contribution in [3.8, 4) is 5.88 Å². The standard InChI is InChI=1S/C14H19N3OS/c1-15-14-16-12(11-7-8-19-13(11)17-14)18-9-10-5-3-2-4-6-10/h7-8,10H,2-6,9H2,1H3,(H,15,16,17). The summed E-state index contributed by atoms with van der Waals surface area (Å²) in [6.45, 7) is 0.783. The number of hydrogen-bond donors (Lipinski definition) is 1. The van der Waals surface area contributed by atoms with Crippen LogP contribution < -0.4 is 10.1 Å². The number of thiophene rings is 1. The van der Waals surface area contributed by atoms with Crippen LogP contribution in [0.4, 0.5) is 5.95 Å². The molecule has 1 saturated carbocycles. The quantitative estimate of drug-likeness (QED) is 0.925. The Morgan fingerprint density at radius 2 is 2.16 bits per heavy atom. The fraction of sp³-hybridized carbons (Fsp3) is 0.571. The minimum absolute atomic E-state index is 0.633. The second kappa shape index (κ2) is 5.74. The topological polar surface area (TPSA) is 47.0 Å². The lowest BCUT2D eigenvalue weighted by molar-refractivity contribution is 0.205. The van der Waals surface area contributed by atoms with E-state index in [1.54, 1.807) is 11.3 Å². The van der Waals surface area contributed by atoms with E-state index in [0.717, 1.165) is 22.7 Å². The smallest absolute Gasteiger partial charge is 0.227 e. The summed E-state index contributed by atoms with van der Waals surface area (Å²) in [5, 5.41) is 6.05. The molecule has 0 atom stereocenters. The Bertz CT molecular complexity index is 549. The molecule has 2 aromatic heterocycles. The number of fused-ring (bicyclic) bond motifs is 1. The van der Waals surface area contributed by atoms with Crippen LogP contribution in [0.15, 0.2) is 11.4 Å². The van der Waals surface area contributed by atoms with Crippen molar-refractivity contribution in [1.29, 1.82) is 0 Å². The Morgan fingerprint density at radius 3 is 2.95 bits per heavy atom. The Morgan fingerprint density at radius 1 is 1.32 bits per heavy atom. The first kappa shape index (κ1) is 12.7. The molecule has 2 heterocycles. The summed E-state index contributed by atoms with van der Waals surface area (Å²) < 4.78 is 5.98. The third-order valence-electron chi connectivity index (χ3n) is 3.69. The van der Waals surface area contributed by atoms with Crippen LogP contribution in [0.3, 0.4) is 0 Å². The van der Waals surface area contributed by atoms with Gasteiger partial charge in [-0.05, 0) is 30.2 Å². The molecule has 102 valence electrons. The Hall–Kier alpha value is -1.36. The van der Waals surface area contributed by atoms with Crippen molar-refractivity contribution in [2.75, 3.05) is 19.0 Å². The lowest BCUT2D eigenvalue weighted by Crippen LogP contribution is -2.16. The van der Waals surface area contributed by atoms with Crippen molar-refractivity contribution in [3.05, 3.63) is 11.4 Å². The average Bonchev–Trinajstić information content (AvgIpc) is 2.94. The maximum absolute atomic E-state index is 5.98. The molecule has 2 aromatic rings. The molecule has 3 rings (SSSR count). The van der Waals surface area contributed by atoms with E-state index in [1.165, 1.54) is 32.1 Å². The van der Waals surface area contributed by atoms with Gasteiger partial charge in [-0.1, -0.05) is 19.3 Å². The van der Waals surface area contributed by atoms with Gasteiger partial charge in [0.05, 0.1) is 12.0 Å². The van der Waals surface area contributed by atoms with Crippen LogP contribution >= 0.6 is 11.3 Å². The SMILES string of the molecule is CNc1nc(OCC2CCCCC2)c2ccsc2n1. The second-order valence-electron chi connectivity index (χ2n) is 5.06. The van der Waals surface area contributed by atoms with Crippen LogP contribution in [0.5, 0.6) is 5.88 Å². The Kier molecular flexibility index (Phi) is 3.82. The summed E-state index contributed by atoms with van der Waals surface area (Å²) in [7, 11) is 1.83. The lowest BCUT2D eigenvalue weighted by atomic mass is 9.90. The van der Waals surface area contributed by atoms with Crippen LogP contribution in [0.25, 0.3) is 10.2 Å². The van der Waals surface area contributed by atoms with Gasteiger partial charge in [0, 0.05) is 7.05 Å². The number of hydrogen-bond acceptors (Lipinski definition) is 5. The van der Waals surface area contributed by atoms with Gasteiger partial charge in [-0.15, -0.1) is 11.3 Å². The predicted molar refractivity (Wildman–Crippen MR) is 79.0 cm³/mol. The van der Waals surface area contributed by atoms with Gasteiger partial charge in [0.15, 0.2) is 0 Å². The molecule has 0 aliphatic heterocycles. The first-order valence-corrected chi connectivity index (χ1v) is 7.80. The highest BCUT2D eigenvalue weighted by Crippen LogP contribution is 2.30. The van der Waals surface area contributed by atoms with Crippen molar-refractivity contribution in [3.63, 3.8) is 0 Å². The van der Waals surface area contributed by atoms with E-state index >= 15 is 0 Å². The molecule has 19 heavy (non-hydrogen) atoms. The summed E-state index contributed by atoms with van der Waals surface area (Å²) in [5.41, 5.74) is 0. The van der Waals surface area contributed by atoms with Gasteiger partial charge in [-0.25, -0.2) is 4.98 Å². The maximum Gasteiger partial charge on any atom is 0.227 e. The van der Waals surface area contributed by atoms with Crippen LogP contribution in [-0.2, 0) is 0 Å². The molecule has 0 bridgehead atoms. The van der Waals surface area contributed by atoms with Gasteiger partial charge < -0.3 is 10.1 Å². The summed E-state index contributed by atoms with van der Waals surface area (Å²) in [5.74, 6) is 2.05. The van der Waals surface area contributed by atoms with Crippen LogP contribution in [0.1, 0.15) is 32.1 Å². The Balaban J connectivity index is 1.77. The number of aromatic nitrogens is 2. The number of nitrogens with one attached hydrogen (secondary N) is 1. The monoisotopic (exact) mass is 277 g/mol. The molecule has 4 nitrogen and oxygen atoms in total. The molecule has 1 N–H and O–H groups in total. The van der Waals surface area contributed by atoms with Crippen molar-refractivity contribution in [2.24, 2.45) is 5.92 Å². The third kappa shape index (κ3) is 2.81. The predicted octanol–water partition coefficient (Wildman–Crippen LogP) is 3.69. The van der Waals surface area contributed by atoms with Crippen molar-refractivity contribution >= 4 is 27.5 Å². The molecule has 1 aliphatic rings. The molecule has 0 spiro atoms. The molecular formula is C14H19N3OS. The molecule has 0 saturated heterocycles. The normalized spacial score (nSPS) is 16.7. The fourth-order valence-corrected chi connectivity index (χ4v) is 3.36. The zero-order chi connectivity index (χ0) is 13.1. The summed E-state index contributed by atoms with van der Waals surface area (Å²) in [6.07, 6.45) is 6.64. The van der Waals surface area contributed by atoms with E-state index in [9.17, 15) is 0 Å². The van der Waals surface area contributed by atoms with Crippen molar-refractivity contribution < 1.29 is 4.74 Å². The molecule has 5 heteroatoms. The van der Waals surface area contributed by atoms with Gasteiger partial charge in [0.25, 0.3) is 0 Å². The number of anilines is 1. The highest BCUT2D eigenvalue weighted by molar-refractivity contribution is 7.16. The van der Waals surface area contributed by atoms with Gasteiger partial charge in [0.2, 0.25) is 11.8 Å². The summed E-state index contributed by atoms with van der Waals surface area (Å²) in [4.78, 5) is 9.85. The van der Waals surface area contributed by atoms with E-state index in [4.69, 9.17) is 4.74 Å². The minimum Gasteiger partial charge on any atom is -0.477 e. The number of nitrogens with zero attached hydrogens (tertiary/aromatic N) is 2. The van der Waals surface area contributed by atoms with E-state index in [0.29, 0.717) is 11.9 Å². The van der Waals surface area contributed by atoms with E-state index in [1.807, 2.05) is 18.5 Å². The fourth-order valence-electron chi connectivity index (χ4n) is 2.60. The minimum atomic E-state index is 0.633. The van der Waals surface area contributed by atoms with Crippen LogP contribution in [0, 0.1) is 5.92 Å². The molecule has 0 amide bonds. The first-order valence-electron chi connectivity index (χ1n) is 6.92. The largest absolute Gasteiger partial charge is 0.477 e. The van der Waals surface area contributed by atoms with Crippen molar-refractivity contribution in [2.45, 2.75) is 32.1 Å². The van der Waals surface area contributed by atoms with E-state index in [-0.39, 0.29) is 0 Å². The zero-order valence-electron chi connectivity index (χ0n) is 11.2. The highest BCUT2D eigenvalue weighted by atomic mass is 32.1. The number of ether oxygens (including phenoxy) is 1. The number of rotatable bonds is 4. The molecule has 0 radical (unpaired) electrons. The second-order valence-corrected chi connectivity index (χ2v) is 5.95. The van der Waals surface area contributed by atoms with Gasteiger partial charge in [0.1, 0.15) is 4.83 Å². The van der Waals surface area contributed by atoms with E-state index in [2.05, 4.69) is 15.3 Å². The summed E-state index contributed by atoms with van der Waals surface area (Å²) >= 11 is 1.62.